The van der Waals surface area contributed by atoms with E-state index in [0.717, 1.165) is 48.8 Å². The van der Waals surface area contributed by atoms with E-state index in [2.05, 4.69) is 130 Å². The van der Waals surface area contributed by atoms with Crippen LogP contribution in [0.5, 0.6) is 0 Å². The van der Waals surface area contributed by atoms with Crippen LogP contribution in [0.1, 0.15) is 321 Å². The van der Waals surface area contributed by atoms with Crippen LogP contribution in [0, 0.1) is 54.1 Å². The molecular weight excluding hydrogens is 1410 g/mol. The SMILES string of the molecule is CCC(=O)C12CCC(C)(C(=O)O1)C2(C)C.CCC(C)(C)C.CCC(C)(C)C(=O)Cc1ccc(CC(=O)C23CCC(C)(C(=O)O2)C3(C)C)cc1.CCC(C)(C)c1ccc(C(=O)CCCC(=O)C23CCC(C)(C(=O)O2)C3(C)C)cc1.CCC(C)(C)c1ccc(CC(=O)C23CCC(C)(C(=O)O2)C3(C)C)cc1.c1ccc2ccccc2c1. The second kappa shape index (κ2) is 32.4. The molecule has 0 amide bonds. The second-order valence-electron chi connectivity index (χ2n) is 40.0. The van der Waals surface area contributed by atoms with Gasteiger partial charge in [0.2, 0.25) is 0 Å². The molecule has 0 aromatic heterocycles. The second-order valence-corrected chi connectivity index (χ2v) is 40.0. The van der Waals surface area contributed by atoms with Crippen molar-refractivity contribution in [1.29, 1.82) is 0 Å². The lowest BCUT2D eigenvalue weighted by molar-refractivity contribution is -0.167. The van der Waals surface area contributed by atoms with Gasteiger partial charge in [-0.15, -0.1) is 0 Å². The maximum atomic E-state index is 13.2. The predicted octanol–water partition coefficient (Wildman–Crippen LogP) is 21.9. The molecule has 4 heterocycles. The number of Topliss-reactive ketones (excluding diaryl/α,β-unsaturated/α-hetero) is 6. The molecule has 0 N–H and O–H groups in total. The Morgan fingerprint density at radius 3 is 0.885 bits per heavy atom. The van der Waals surface area contributed by atoms with Crippen molar-refractivity contribution in [3.63, 3.8) is 0 Å². The molecule has 14 nitrogen and oxygen atoms in total. The molecule has 8 aliphatic rings. The summed E-state index contributed by atoms with van der Waals surface area (Å²) < 4.78 is 22.5. The molecule has 5 aromatic rings. The average Bonchev–Trinajstić information content (AvgIpc) is 1.55. The Morgan fingerprint density at radius 1 is 0.336 bits per heavy atom. The summed E-state index contributed by atoms with van der Waals surface area (Å²) in [6, 6.07) is 40.5. The van der Waals surface area contributed by atoms with Gasteiger partial charge in [-0.05, 0) is 160 Å². The molecule has 0 spiro atoms. The molecule has 616 valence electrons. The molecule has 5 aromatic carbocycles. The van der Waals surface area contributed by atoms with E-state index in [1.165, 1.54) is 28.3 Å². The van der Waals surface area contributed by atoms with Crippen molar-refractivity contribution in [2.45, 2.75) is 335 Å². The summed E-state index contributed by atoms with van der Waals surface area (Å²) in [5, 5.41) is 2.62. The molecule has 0 radical (unpaired) electrons. The summed E-state index contributed by atoms with van der Waals surface area (Å²) in [6.45, 7) is 53.5. The number of hydrogen-bond acceptors (Lipinski definition) is 14. The predicted molar refractivity (Wildman–Crippen MR) is 448 cm³/mol. The zero-order valence-electron chi connectivity index (χ0n) is 73.7. The number of ether oxygens (including phenoxy) is 4. The van der Waals surface area contributed by atoms with Crippen LogP contribution in [0.4, 0.5) is 0 Å². The Labute approximate surface area is 676 Å². The lowest BCUT2D eigenvalue weighted by Gasteiger charge is -2.35. The van der Waals surface area contributed by atoms with Gasteiger partial charge in [-0.1, -0.05) is 280 Å². The number of benzene rings is 5. The van der Waals surface area contributed by atoms with Gasteiger partial charge in [0.1, 0.15) is 5.78 Å². The third-order valence-electron chi connectivity index (χ3n) is 31.2. The topological polar surface area (TPSA) is 208 Å². The van der Waals surface area contributed by atoms with Gasteiger partial charge in [0.05, 0.1) is 21.7 Å². The first-order valence-corrected chi connectivity index (χ1v) is 42.0. The molecule has 4 aliphatic carbocycles. The average molecular weight is 1550 g/mol. The van der Waals surface area contributed by atoms with Crippen LogP contribution in [0.15, 0.2) is 121 Å². The van der Waals surface area contributed by atoms with Crippen molar-refractivity contribution in [2.24, 2.45) is 54.1 Å². The maximum Gasteiger partial charge on any atom is 0.313 e. The lowest BCUT2D eigenvalue weighted by Crippen LogP contribution is -2.48. The van der Waals surface area contributed by atoms with Gasteiger partial charge in [0.25, 0.3) is 0 Å². The molecule has 4 aliphatic heterocycles. The van der Waals surface area contributed by atoms with Gasteiger partial charge < -0.3 is 18.9 Å². The van der Waals surface area contributed by atoms with Crippen molar-refractivity contribution < 1.29 is 66.9 Å². The zero-order valence-corrected chi connectivity index (χ0v) is 73.7. The molecule has 4 saturated carbocycles. The summed E-state index contributed by atoms with van der Waals surface area (Å²) in [7, 11) is 0. The van der Waals surface area contributed by atoms with E-state index in [1.54, 1.807) is 0 Å². The minimum absolute atomic E-state index is 0.0250. The molecular formula is C99H136O14. The first-order valence-electron chi connectivity index (χ1n) is 42.0. The molecule has 8 fully saturated rings. The Balaban J connectivity index is 0.000000179. The fourth-order valence-corrected chi connectivity index (χ4v) is 18.2. The number of fused-ring (bicyclic) bond motifs is 9. The normalized spacial score (nSPS) is 27.9. The first kappa shape index (κ1) is 90.8. The van der Waals surface area contributed by atoms with Crippen LogP contribution < -0.4 is 0 Å². The highest BCUT2D eigenvalue weighted by Crippen LogP contribution is 2.69. The number of rotatable bonds is 22. The monoisotopic (exact) mass is 1550 g/mol. The fraction of sp³-hybridized carbons (Fsp3) is 0.616. The highest BCUT2D eigenvalue weighted by molar-refractivity contribution is 6.01. The van der Waals surface area contributed by atoms with Crippen molar-refractivity contribution in [3.8, 4) is 0 Å². The van der Waals surface area contributed by atoms with Crippen LogP contribution in [0.25, 0.3) is 10.8 Å². The molecule has 8 atom stereocenters. The highest BCUT2D eigenvalue weighted by atomic mass is 16.6. The highest BCUT2D eigenvalue weighted by Gasteiger charge is 2.78. The van der Waals surface area contributed by atoms with Crippen LogP contribution in [0.3, 0.4) is 0 Å². The van der Waals surface area contributed by atoms with Gasteiger partial charge in [-0.25, -0.2) is 0 Å². The van der Waals surface area contributed by atoms with Gasteiger partial charge >= 0.3 is 23.9 Å². The number of esters is 4. The minimum atomic E-state index is -1.02. The van der Waals surface area contributed by atoms with Crippen molar-refractivity contribution in [1.82, 2.24) is 0 Å². The zero-order chi connectivity index (χ0) is 84.8. The quantitative estimate of drug-likeness (QED) is 0.0359. The van der Waals surface area contributed by atoms with Gasteiger partial charge in [-0.2, -0.15) is 0 Å². The summed E-state index contributed by atoms with van der Waals surface area (Å²) in [5.41, 5.74) is -1.40. The van der Waals surface area contributed by atoms with E-state index in [1.807, 2.05) is 171 Å². The van der Waals surface area contributed by atoms with Crippen LogP contribution in [-0.4, -0.2) is 81.0 Å². The summed E-state index contributed by atoms with van der Waals surface area (Å²) in [4.78, 5) is 125. The maximum absolute atomic E-state index is 13.2. The number of carbonyl (C=O) groups excluding carboxylic acids is 10. The van der Waals surface area contributed by atoms with E-state index < -0.39 is 60.3 Å². The molecule has 8 bridgehead atoms. The number of ketones is 6. The van der Waals surface area contributed by atoms with Crippen LogP contribution >= 0.6 is 0 Å². The minimum Gasteiger partial charge on any atom is -0.450 e. The largest absolute Gasteiger partial charge is 0.450 e. The molecule has 113 heavy (non-hydrogen) atoms. The molecule has 14 heteroatoms. The Bertz CT molecular complexity index is 4340. The first-order chi connectivity index (χ1) is 52.1. The van der Waals surface area contributed by atoms with Gasteiger partial charge in [0, 0.05) is 71.2 Å². The fourth-order valence-electron chi connectivity index (χ4n) is 18.2. The Morgan fingerprint density at radius 2 is 0.619 bits per heavy atom. The van der Waals surface area contributed by atoms with E-state index in [-0.39, 0.29) is 93.1 Å². The van der Waals surface area contributed by atoms with Crippen molar-refractivity contribution in [2.75, 3.05) is 0 Å². The molecule has 4 saturated heterocycles. The number of hydrogen-bond donors (Lipinski definition) is 0. The van der Waals surface area contributed by atoms with Crippen LogP contribution in [0.2, 0.25) is 0 Å². The van der Waals surface area contributed by atoms with E-state index in [9.17, 15) is 47.9 Å². The van der Waals surface area contributed by atoms with Crippen molar-refractivity contribution >= 4 is 69.3 Å². The lowest BCUT2D eigenvalue weighted by atomic mass is 9.65. The smallest absolute Gasteiger partial charge is 0.313 e. The third kappa shape index (κ3) is 15.9. The van der Waals surface area contributed by atoms with Crippen LogP contribution in [-0.2, 0) is 92.2 Å². The molecule has 8 unspecified atom stereocenters. The Kier molecular flexibility index (Phi) is 26.0. The Hall–Kier alpha value is -7.74. The van der Waals surface area contributed by atoms with Gasteiger partial charge in [-0.3, -0.25) is 47.9 Å². The standard InChI is InChI=1S/C25H34O4.C24H32O4.C22H30O3.C12H18O3.C10H8.C6H14/c1-7-22(2,3)18-13-11-17(12-14-18)19(26)9-8-10-20(27)25-16-15-24(6,21(28)29-25)23(25,4)5;1-7-21(2,3)18(25)14-16-8-10-17(11-9-16)15-19(26)24-13-12-23(6,20(27)28-24)22(24,4)5;1-7-19(2,3)16-10-8-15(9-11-16)14-17(23)22-13-12-21(6,18(24)25-22)20(22,4)5;1-5-8(13)12-7-6-11(4,9(14)15-12)10(12,2)3;1-2-6-10-8-4-3-7-9(10)5-1;1-5-6(2,3)4/h11-14H,7-10,15-16H2,1-6H3;8-11H,7,12-15H2,1-6H3;8-11H,7,12-14H2,1-6H3;5-7H2,1-4H3;1-8H;5H2,1-4H3. The van der Waals surface area contributed by atoms with Gasteiger partial charge in [0.15, 0.2) is 51.3 Å². The van der Waals surface area contributed by atoms with Crippen molar-refractivity contribution in [3.05, 3.63) is 155 Å². The summed E-state index contributed by atoms with van der Waals surface area (Å²) in [6.07, 6.45) is 12.0. The van der Waals surface area contributed by atoms with E-state index in [4.69, 9.17) is 18.9 Å². The summed E-state index contributed by atoms with van der Waals surface area (Å²) in [5.74, 6) is -0.585. The van der Waals surface area contributed by atoms with E-state index >= 15 is 0 Å². The third-order valence-corrected chi connectivity index (χ3v) is 31.2. The number of carbonyl (C=O) groups is 10. The van der Waals surface area contributed by atoms with E-state index in [0.29, 0.717) is 81.6 Å². The summed E-state index contributed by atoms with van der Waals surface area (Å²) >= 11 is 0. The molecule has 13 rings (SSSR count).